The van der Waals surface area contributed by atoms with Crippen molar-refractivity contribution in [1.29, 1.82) is 0 Å². The standard InChI is InChI=1S/C16H29N3O/c1-3-19-12-11-18-15(19)13-14(17)16(20-4-2)9-7-5-6-8-10-16/h11-12,14H,3-10,13,17H2,1-2H3. The average Bonchev–Trinajstić information content (AvgIpc) is 2.75. The van der Waals surface area contributed by atoms with Gasteiger partial charge in [0.2, 0.25) is 0 Å². The van der Waals surface area contributed by atoms with Crippen LogP contribution in [0.1, 0.15) is 58.2 Å². The summed E-state index contributed by atoms with van der Waals surface area (Å²) in [6.45, 7) is 5.91. The van der Waals surface area contributed by atoms with Crippen molar-refractivity contribution in [3.8, 4) is 0 Å². The van der Waals surface area contributed by atoms with Gasteiger partial charge < -0.3 is 15.0 Å². The van der Waals surface area contributed by atoms with Gasteiger partial charge in [0.25, 0.3) is 0 Å². The molecule has 114 valence electrons. The van der Waals surface area contributed by atoms with Crippen LogP contribution in [0, 0.1) is 0 Å². The summed E-state index contributed by atoms with van der Waals surface area (Å²) in [5.74, 6) is 1.09. The molecule has 0 bridgehead atoms. The number of aryl methyl sites for hydroxylation is 1. The Morgan fingerprint density at radius 1 is 1.30 bits per heavy atom. The maximum atomic E-state index is 6.58. The monoisotopic (exact) mass is 279 g/mol. The van der Waals surface area contributed by atoms with Gasteiger partial charge in [-0.1, -0.05) is 25.7 Å². The zero-order valence-electron chi connectivity index (χ0n) is 13.0. The molecule has 4 heteroatoms. The second-order valence-corrected chi connectivity index (χ2v) is 5.85. The van der Waals surface area contributed by atoms with Crippen molar-refractivity contribution in [1.82, 2.24) is 9.55 Å². The van der Waals surface area contributed by atoms with Crippen LogP contribution in [0.3, 0.4) is 0 Å². The molecule has 1 fully saturated rings. The number of aromatic nitrogens is 2. The number of imidazole rings is 1. The van der Waals surface area contributed by atoms with Crippen molar-refractivity contribution in [2.45, 2.75) is 77.0 Å². The van der Waals surface area contributed by atoms with Gasteiger partial charge in [-0.2, -0.15) is 0 Å². The van der Waals surface area contributed by atoms with E-state index in [-0.39, 0.29) is 11.6 Å². The molecule has 4 nitrogen and oxygen atoms in total. The predicted octanol–water partition coefficient (Wildman–Crippen LogP) is 2.90. The molecule has 1 aromatic heterocycles. The molecule has 20 heavy (non-hydrogen) atoms. The summed E-state index contributed by atoms with van der Waals surface area (Å²) < 4.78 is 8.35. The van der Waals surface area contributed by atoms with E-state index in [0.717, 1.165) is 38.2 Å². The largest absolute Gasteiger partial charge is 0.374 e. The molecule has 0 saturated heterocycles. The lowest BCUT2D eigenvalue weighted by Gasteiger charge is -2.38. The van der Waals surface area contributed by atoms with Crippen LogP contribution in [0.25, 0.3) is 0 Å². The van der Waals surface area contributed by atoms with E-state index in [1.54, 1.807) is 0 Å². The third kappa shape index (κ3) is 3.41. The minimum Gasteiger partial charge on any atom is -0.374 e. The van der Waals surface area contributed by atoms with Crippen LogP contribution in [0.4, 0.5) is 0 Å². The molecule has 0 aliphatic heterocycles. The van der Waals surface area contributed by atoms with Crippen LogP contribution >= 0.6 is 0 Å². The van der Waals surface area contributed by atoms with Crippen molar-refractivity contribution in [3.05, 3.63) is 18.2 Å². The van der Waals surface area contributed by atoms with E-state index in [0.29, 0.717) is 0 Å². The van der Waals surface area contributed by atoms with E-state index in [9.17, 15) is 0 Å². The second kappa shape index (κ2) is 7.23. The van der Waals surface area contributed by atoms with Crippen LogP contribution in [-0.2, 0) is 17.7 Å². The van der Waals surface area contributed by atoms with E-state index < -0.39 is 0 Å². The first-order valence-corrected chi connectivity index (χ1v) is 8.11. The lowest BCUT2D eigenvalue weighted by Crippen LogP contribution is -2.51. The van der Waals surface area contributed by atoms with Crippen molar-refractivity contribution >= 4 is 0 Å². The van der Waals surface area contributed by atoms with Crippen LogP contribution < -0.4 is 5.73 Å². The molecule has 1 aliphatic carbocycles. The summed E-state index contributed by atoms with van der Waals surface area (Å²) in [6.07, 6.45) is 12.0. The zero-order chi connectivity index (χ0) is 14.4. The maximum Gasteiger partial charge on any atom is 0.110 e. The highest BCUT2D eigenvalue weighted by Crippen LogP contribution is 2.33. The molecule has 0 aromatic carbocycles. The van der Waals surface area contributed by atoms with E-state index in [1.807, 2.05) is 12.4 Å². The van der Waals surface area contributed by atoms with Gasteiger partial charge in [0.05, 0.1) is 5.60 Å². The van der Waals surface area contributed by atoms with Crippen molar-refractivity contribution < 1.29 is 4.74 Å². The molecule has 1 heterocycles. The third-order valence-corrected chi connectivity index (χ3v) is 4.60. The molecule has 2 N–H and O–H groups in total. The highest BCUT2D eigenvalue weighted by Gasteiger charge is 2.38. The molecular formula is C16H29N3O. The SMILES string of the molecule is CCOC1(C(N)Cc2nccn2CC)CCCCCC1. The first kappa shape index (κ1) is 15.5. The van der Waals surface area contributed by atoms with E-state index >= 15 is 0 Å². The summed E-state index contributed by atoms with van der Waals surface area (Å²) in [7, 11) is 0. The van der Waals surface area contributed by atoms with Crippen molar-refractivity contribution in [3.63, 3.8) is 0 Å². The number of hydrogen-bond acceptors (Lipinski definition) is 3. The number of nitrogens with two attached hydrogens (primary N) is 1. The zero-order valence-corrected chi connectivity index (χ0v) is 13.0. The Balaban J connectivity index is 2.11. The smallest absolute Gasteiger partial charge is 0.110 e. The lowest BCUT2D eigenvalue weighted by atomic mass is 9.84. The first-order chi connectivity index (χ1) is 9.72. The van der Waals surface area contributed by atoms with Gasteiger partial charge in [-0.05, 0) is 26.7 Å². The highest BCUT2D eigenvalue weighted by molar-refractivity contribution is 5.02. The average molecular weight is 279 g/mol. The fourth-order valence-corrected chi connectivity index (χ4v) is 3.44. The molecule has 0 spiro atoms. The normalized spacial score (nSPS) is 20.6. The number of hydrogen-bond donors (Lipinski definition) is 1. The molecular weight excluding hydrogens is 250 g/mol. The second-order valence-electron chi connectivity index (χ2n) is 5.85. The summed E-state index contributed by atoms with van der Waals surface area (Å²) in [6, 6.07) is 0.0354. The Bertz CT molecular complexity index is 394. The van der Waals surface area contributed by atoms with E-state index in [1.165, 1.54) is 25.7 Å². The minimum atomic E-state index is -0.143. The summed E-state index contributed by atoms with van der Waals surface area (Å²) >= 11 is 0. The van der Waals surface area contributed by atoms with Crippen LogP contribution in [0.5, 0.6) is 0 Å². The molecule has 0 amide bonds. The van der Waals surface area contributed by atoms with Crippen molar-refractivity contribution in [2.24, 2.45) is 5.73 Å². The Kier molecular flexibility index (Phi) is 5.61. The topological polar surface area (TPSA) is 53.1 Å². The Hall–Kier alpha value is -0.870. The molecule has 1 aromatic rings. The fourth-order valence-electron chi connectivity index (χ4n) is 3.44. The molecule has 2 rings (SSSR count). The van der Waals surface area contributed by atoms with Crippen LogP contribution in [-0.4, -0.2) is 27.8 Å². The Labute approximate surface area is 122 Å². The van der Waals surface area contributed by atoms with Gasteiger partial charge >= 0.3 is 0 Å². The minimum absolute atomic E-state index is 0.0354. The van der Waals surface area contributed by atoms with E-state index in [2.05, 4.69) is 23.4 Å². The molecule has 1 unspecified atom stereocenters. The summed E-state index contributed by atoms with van der Waals surface area (Å²) in [5.41, 5.74) is 6.43. The van der Waals surface area contributed by atoms with Gasteiger partial charge in [-0.25, -0.2) is 4.98 Å². The highest BCUT2D eigenvalue weighted by atomic mass is 16.5. The molecule has 1 atom stereocenters. The number of ether oxygens (including phenoxy) is 1. The predicted molar refractivity (Wildman–Crippen MR) is 81.6 cm³/mol. The van der Waals surface area contributed by atoms with Gasteiger partial charge in [-0.15, -0.1) is 0 Å². The quantitative estimate of drug-likeness (QED) is 0.815. The maximum absolute atomic E-state index is 6.58. The first-order valence-electron chi connectivity index (χ1n) is 8.11. The molecule has 0 radical (unpaired) electrons. The van der Waals surface area contributed by atoms with Gasteiger partial charge in [-0.3, -0.25) is 0 Å². The summed E-state index contributed by atoms with van der Waals surface area (Å²) in [5, 5.41) is 0. The summed E-state index contributed by atoms with van der Waals surface area (Å²) in [4.78, 5) is 4.46. The fraction of sp³-hybridized carbons (Fsp3) is 0.812. The van der Waals surface area contributed by atoms with Crippen LogP contribution in [0.15, 0.2) is 12.4 Å². The number of rotatable bonds is 6. The van der Waals surface area contributed by atoms with Gasteiger partial charge in [0.15, 0.2) is 0 Å². The van der Waals surface area contributed by atoms with E-state index in [4.69, 9.17) is 10.5 Å². The van der Waals surface area contributed by atoms with Gasteiger partial charge in [0.1, 0.15) is 5.82 Å². The molecule has 1 saturated carbocycles. The Morgan fingerprint density at radius 2 is 2.00 bits per heavy atom. The lowest BCUT2D eigenvalue weighted by molar-refractivity contribution is -0.0687. The van der Waals surface area contributed by atoms with Crippen LogP contribution in [0.2, 0.25) is 0 Å². The van der Waals surface area contributed by atoms with Gasteiger partial charge in [0, 0.05) is 38.0 Å². The van der Waals surface area contributed by atoms with Crippen molar-refractivity contribution in [2.75, 3.05) is 6.61 Å². The third-order valence-electron chi connectivity index (χ3n) is 4.60. The number of nitrogens with zero attached hydrogens (tertiary/aromatic N) is 2. The Morgan fingerprint density at radius 3 is 2.60 bits per heavy atom. The molecule has 1 aliphatic rings.